The van der Waals surface area contributed by atoms with E-state index in [0.29, 0.717) is 11.8 Å². The Morgan fingerprint density at radius 3 is 2.36 bits per heavy atom. The summed E-state index contributed by atoms with van der Waals surface area (Å²) in [5.41, 5.74) is 5.64. The highest BCUT2D eigenvalue weighted by atomic mass is 35.5. The van der Waals surface area contributed by atoms with Crippen molar-refractivity contribution in [3.63, 3.8) is 0 Å². The molecule has 2 aliphatic rings. The van der Waals surface area contributed by atoms with Gasteiger partial charge in [-0.2, -0.15) is 13.2 Å². The van der Waals surface area contributed by atoms with Gasteiger partial charge in [-0.25, -0.2) is 0 Å². The van der Waals surface area contributed by atoms with E-state index in [1.807, 2.05) is 0 Å². The maximum absolute atomic E-state index is 13.0. The predicted molar refractivity (Wildman–Crippen MR) is 92.1 cm³/mol. The number of carbonyl (C=O) groups is 1. The molecule has 2 atom stereocenters. The number of hydrogen-bond acceptors (Lipinski definition) is 2. The van der Waals surface area contributed by atoms with Gasteiger partial charge in [-0.3, -0.25) is 4.79 Å². The van der Waals surface area contributed by atoms with E-state index < -0.39 is 11.7 Å². The quantitative estimate of drug-likeness (QED) is 0.840. The molecule has 3 rings (SSSR count). The van der Waals surface area contributed by atoms with Gasteiger partial charge in [-0.15, -0.1) is 12.4 Å². The van der Waals surface area contributed by atoms with Crippen molar-refractivity contribution in [3.05, 3.63) is 35.4 Å². The molecule has 25 heavy (non-hydrogen) atoms. The number of benzene rings is 1. The van der Waals surface area contributed by atoms with Gasteiger partial charge in [0.1, 0.15) is 0 Å². The van der Waals surface area contributed by atoms with Gasteiger partial charge >= 0.3 is 6.18 Å². The molecule has 1 amide bonds. The van der Waals surface area contributed by atoms with Gasteiger partial charge in [-0.1, -0.05) is 24.6 Å². The first-order chi connectivity index (χ1) is 11.4. The summed E-state index contributed by atoms with van der Waals surface area (Å²) in [6.45, 7) is -0.0909. The second-order valence-corrected chi connectivity index (χ2v) is 7.07. The molecule has 0 saturated heterocycles. The lowest BCUT2D eigenvalue weighted by Gasteiger charge is -2.43. The van der Waals surface area contributed by atoms with Crippen molar-refractivity contribution in [1.82, 2.24) is 5.32 Å². The van der Waals surface area contributed by atoms with Crippen molar-refractivity contribution in [2.45, 2.75) is 50.9 Å². The summed E-state index contributed by atoms with van der Waals surface area (Å²) in [5.74, 6) is 0.473. The molecule has 2 unspecified atom stereocenters. The average Bonchev–Trinajstić information content (AvgIpc) is 2.51. The lowest BCUT2D eigenvalue weighted by atomic mass is 9.65. The van der Waals surface area contributed by atoms with E-state index in [-0.39, 0.29) is 42.4 Å². The second kappa shape index (κ2) is 7.96. The average molecular weight is 377 g/mol. The van der Waals surface area contributed by atoms with Crippen LogP contribution in [-0.4, -0.2) is 11.9 Å². The molecule has 2 aliphatic carbocycles. The SMILES string of the molecule is Cl.NC1C2CCCC1CC(C(=O)NCc1ccccc1C(F)(F)F)C2. The van der Waals surface area contributed by atoms with Crippen LogP contribution in [0.25, 0.3) is 0 Å². The minimum atomic E-state index is -4.41. The van der Waals surface area contributed by atoms with E-state index in [1.165, 1.54) is 12.1 Å². The lowest BCUT2D eigenvalue weighted by Crippen LogP contribution is -2.49. The maximum Gasteiger partial charge on any atom is 0.416 e. The normalized spacial score (nSPS) is 28.8. The molecule has 140 valence electrons. The zero-order valence-electron chi connectivity index (χ0n) is 13.9. The van der Waals surface area contributed by atoms with Crippen molar-refractivity contribution < 1.29 is 18.0 Å². The Kier molecular flexibility index (Phi) is 6.38. The van der Waals surface area contributed by atoms with Crippen molar-refractivity contribution in [3.8, 4) is 0 Å². The van der Waals surface area contributed by atoms with E-state index in [9.17, 15) is 18.0 Å². The zero-order valence-corrected chi connectivity index (χ0v) is 14.7. The highest BCUT2D eigenvalue weighted by molar-refractivity contribution is 5.85. The third kappa shape index (κ3) is 4.47. The topological polar surface area (TPSA) is 55.1 Å². The summed E-state index contributed by atoms with van der Waals surface area (Å²) < 4.78 is 39.0. The maximum atomic E-state index is 13.0. The molecule has 1 aromatic rings. The number of halogens is 4. The fourth-order valence-corrected chi connectivity index (χ4v) is 4.28. The Morgan fingerprint density at radius 2 is 1.76 bits per heavy atom. The third-order valence-electron chi connectivity index (χ3n) is 5.56. The number of nitrogens with one attached hydrogen (secondary N) is 1. The van der Waals surface area contributed by atoms with Crippen LogP contribution in [0.4, 0.5) is 13.2 Å². The highest BCUT2D eigenvalue weighted by Crippen LogP contribution is 2.42. The second-order valence-electron chi connectivity index (χ2n) is 7.07. The molecule has 3 nitrogen and oxygen atoms in total. The Bertz CT molecular complexity index is 594. The molecule has 0 spiro atoms. The van der Waals surface area contributed by atoms with Crippen LogP contribution in [-0.2, 0) is 17.5 Å². The van der Waals surface area contributed by atoms with Gasteiger partial charge in [0.25, 0.3) is 0 Å². The van der Waals surface area contributed by atoms with E-state index in [1.54, 1.807) is 6.07 Å². The van der Waals surface area contributed by atoms with Crippen LogP contribution in [0.3, 0.4) is 0 Å². The molecular weight excluding hydrogens is 353 g/mol. The first-order valence-corrected chi connectivity index (χ1v) is 8.54. The lowest BCUT2D eigenvalue weighted by molar-refractivity contribution is -0.138. The first-order valence-electron chi connectivity index (χ1n) is 8.54. The third-order valence-corrected chi connectivity index (χ3v) is 5.56. The van der Waals surface area contributed by atoms with Gasteiger partial charge in [0.2, 0.25) is 5.91 Å². The van der Waals surface area contributed by atoms with Crippen LogP contribution in [0.2, 0.25) is 0 Å². The van der Waals surface area contributed by atoms with E-state index >= 15 is 0 Å². The van der Waals surface area contributed by atoms with Crippen LogP contribution in [0.5, 0.6) is 0 Å². The number of fused-ring (bicyclic) bond motifs is 2. The Hall–Kier alpha value is -1.27. The van der Waals surface area contributed by atoms with Crippen molar-refractivity contribution in [1.29, 1.82) is 0 Å². The van der Waals surface area contributed by atoms with Crippen LogP contribution >= 0.6 is 12.4 Å². The standard InChI is InChI=1S/C18H23F3N2O.ClH/c19-18(20,21)15-7-2-1-4-13(15)10-23-17(24)14-8-11-5-3-6-12(9-14)16(11)22;/h1-2,4,7,11-12,14,16H,3,5-6,8-10,22H2,(H,23,24);1H. The molecule has 2 saturated carbocycles. The zero-order chi connectivity index (χ0) is 17.3. The minimum absolute atomic E-state index is 0. The summed E-state index contributed by atoms with van der Waals surface area (Å²) in [4.78, 5) is 12.4. The molecule has 2 fully saturated rings. The fraction of sp³-hybridized carbons (Fsp3) is 0.611. The van der Waals surface area contributed by atoms with E-state index in [0.717, 1.165) is 38.2 Å². The molecule has 0 aliphatic heterocycles. The minimum Gasteiger partial charge on any atom is -0.352 e. The predicted octanol–water partition coefficient (Wildman–Crippen LogP) is 3.90. The molecule has 3 N–H and O–H groups in total. The van der Waals surface area contributed by atoms with Gasteiger partial charge < -0.3 is 11.1 Å². The van der Waals surface area contributed by atoms with Crippen molar-refractivity contribution >= 4 is 18.3 Å². The Morgan fingerprint density at radius 1 is 1.16 bits per heavy atom. The molecule has 1 aromatic carbocycles. The molecule has 0 aromatic heterocycles. The summed E-state index contributed by atoms with van der Waals surface area (Å²) in [7, 11) is 0. The van der Waals surface area contributed by atoms with Gasteiger partial charge in [0.15, 0.2) is 0 Å². The highest BCUT2D eigenvalue weighted by Gasteiger charge is 2.40. The number of hydrogen-bond donors (Lipinski definition) is 2. The van der Waals surface area contributed by atoms with Gasteiger partial charge in [0.05, 0.1) is 5.56 Å². The molecule has 7 heteroatoms. The van der Waals surface area contributed by atoms with Crippen molar-refractivity contribution in [2.75, 3.05) is 0 Å². The van der Waals surface area contributed by atoms with Crippen LogP contribution in [0.1, 0.15) is 43.2 Å². The van der Waals surface area contributed by atoms with E-state index in [2.05, 4.69) is 5.32 Å². The molecular formula is C18H24ClF3N2O. The molecule has 2 bridgehead atoms. The summed E-state index contributed by atoms with van der Waals surface area (Å²) in [6.07, 6.45) is 0.373. The van der Waals surface area contributed by atoms with Gasteiger partial charge in [0, 0.05) is 18.5 Å². The summed E-state index contributed by atoms with van der Waals surface area (Å²) >= 11 is 0. The first kappa shape index (κ1) is 20.0. The number of carbonyl (C=O) groups excluding carboxylic acids is 1. The van der Waals surface area contributed by atoms with E-state index in [4.69, 9.17) is 5.73 Å². The molecule has 0 radical (unpaired) electrons. The van der Waals surface area contributed by atoms with Crippen LogP contribution < -0.4 is 11.1 Å². The fourth-order valence-electron chi connectivity index (χ4n) is 4.28. The summed E-state index contributed by atoms with van der Waals surface area (Å²) in [5, 5.41) is 2.71. The number of alkyl halides is 3. The largest absolute Gasteiger partial charge is 0.416 e. The number of amides is 1. The van der Waals surface area contributed by atoms with Gasteiger partial charge in [-0.05, 0) is 49.1 Å². The molecule has 0 heterocycles. The smallest absolute Gasteiger partial charge is 0.352 e. The Balaban J connectivity index is 0.00000225. The summed E-state index contributed by atoms with van der Waals surface area (Å²) in [6, 6.07) is 5.55. The van der Waals surface area contributed by atoms with Crippen LogP contribution in [0.15, 0.2) is 24.3 Å². The van der Waals surface area contributed by atoms with Crippen molar-refractivity contribution in [2.24, 2.45) is 23.5 Å². The van der Waals surface area contributed by atoms with Crippen LogP contribution in [0, 0.1) is 17.8 Å². The Labute approximate surface area is 152 Å². The monoisotopic (exact) mass is 376 g/mol. The number of rotatable bonds is 3. The number of nitrogens with two attached hydrogens (primary N) is 1.